The van der Waals surface area contributed by atoms with Crippen molar-refractivity contribution in [2.24, 2.45) is 0 Å². The average Bonchev–Trinajstić information content (AvgIpc) is 2.24. The molecule has 18 heavy (non-hydrogen) atoms. The fourth-order valence-corrected chi connectivity index (χ4v) is 1.55. The maximum absolute atomic E-state index is 13.4. The van der Waals surface area contributed by atoms with Crippen molar-refractivity contribution >= 4 is 11.6 Å². The molecule has 0 saturated heterocycles. The lowest BCUT2D eigenvalue weighted by atomic mass is 10.2. The van der Waals surface area contributed by atoms with Gasteiger partial charge in [0, 0.05) is 18.2 Å². The van der Waals surface area contributed by atoms with Gasteiger partial charge in [-0.3, -0.25) is 9.78 Å². The van der Waals surface area contributed by atoms with E-state index < -0.39 is 34.4 Å². The Kier molecular flexibility index (Phi) is 3.00. The van der Waals surface area contributed by atoms with Crippen LogP contribution in [0.15, 0.2) is 27.8 Å². The summed E-state index contributed by atoms with van der Waals surface area (Å²) in [5.74, 6) is -4.05. The van der Waals surface area contributed by atoms with Crippen LogP contribution in [0.5, 0.6) is 0 Å². The zero-order valence-corrected chi connectivity index (χ0v) is 9.26. The number of hydrogen-bond donors (Lipinski definition) is 1. The van der Waals surface area contributed by atoms with Gasteiger partial charge in [-0.25, -0.2) is 22.5 Å². The molecule has 2 rings (SSSR count). The van der Waals surface area contributed by atoms with Crippen LogP contribution < -0.4 is 11.2 Å². The number of aromatic nitrogens is 2. The molecule has 0 atom stereocenters. The topological polar surface area (TPSA) is 54.9 Å². The molecule has 0 fully saturated rings. The second-order valence-electron chi connectivity index (χ2n) is 3.31. The summed E-state index contributed by atoms with van der Waals surface area (Å²) in [6.07, 6.45) is 0. The van der Waals surface area contributed by atoms with Crippen molar-refractivity contribution in [3.63, 3.8) is 0 Å². The molecule has 0 aliphatic heterocycles. The third-order valence-electron chi connectivity index (χ3n) is 2.13. The molecule has 0 saturated carbocycles. The van der Waals surface area contributed by atoms with Gasteiger partial charge in [-0.05, 0) is 0 Å². The van der Waals surface area contributed by atoms with Gasteiger partial charge < -0.3 is 0 Å². The van der Waals surface area contributed by atoms with E-state index in [-0.39, 0.29) is 11.2 Å². The minimum Gasteiger partial charge on any atom is -0.297 e. The molecule has 1 N–H and O–H groups in total. The Morgan fingerprint density at radius 1 is 1.00 bits per heavy atom. The van der Waals surface area contributed by atoms with Crippen LogP contribution in [-0.4, -0.2) is 9.55 Å². The second-order valence-corrected chi connectivity index (χ2v) is 3.72. The first kappa shape index (κ1) is 12.4. The number of rotatable bonds is 1. The second kappa shape index (κ2) is 4.34. The van der Waals surface area contributed by atoms with Crippen LogP contribution in [0, 0.1) is 17.5 Å². The van der Waals surface area contributed by atoms with Crippen LogP contribution >= 0.6 is 11.6 Å². The molecule has 0 bridgehead atoms. The fraction of sp³-hybridized carbons (Fsp3) is 0. The zero-order valence-electron chi connectivity index (χ0n) is 8.51. The maximum atomic E-state index is 13.4. The lowest BCUT2D eigenvalue weighted by molar-refractivity contribution is 0.492. The van der Waals surface area contributed by atoms with E-state index in [0.717, 1.165) is 6.07 Å². The van der Waals surface area contributed by atoms with Crippen LogP contribution in [0.2, 0.25) is 5.15 Å². The van der Waals surface area contributed by atoms with Gasteiger partial charge in [-0.15, -0.1) is 0 Å². The Labute approximate surface area is 102 Å². The predicted molar refractivity (Wildman–Crippen MR) is 57.5 cm³/mol. The van der Waals surface area contributed by atoms with Crippen LogP contribution in [-0.2, 0) is 0 Å². The summed E-state index contributed by atoms with van der Waals surface area (Å²) in [6.45, 7) is 0. The van der Waals surface area contributed by atoms with Gasteiger partial charge in [-0.1, -0.05) is 11.6 Å². The van der Waals surface area contributed by atoms with E-state index in [0.29, 0.717) is 10.6 Å². The van der Waals surface area contributed by atoms with Gasteiger partial charge >= 0.3 is 5.69 Å². The van der Waals surface area contributed by atoms with Crippen molar-refractivity contribution in [1.29, 1.82) is 0 Å². The summed E-state index contributed by atoms with van der Waals surface area (Å²) in [4.78, 5) is 25.0. The Hall–Kier alpha value is -2.02. The monoisotopic (exact) mass is 276 g/mol. The number of aromatic amines is 1. The summed E-state index contributed by atoms with van der Waals surface area (Å²) in [6, 6.07) is 1.46. The van der Waals surface area contributed by atoms with Crippen molar-refractivity contribution in [2.75, 3.05) is 0 Å². The third kappa shape index (κ3) is 2.04. The van der Waals surface area contributed by atoms with Crippen LogP contribution in [0.25, 0.3) is 5.69 Å². The highest BCUT2D eigenvalue weighted by Crippen LogP contribution is 2.15. The Morgan fingerprint density at radius 2 is 1.61 bits per heavy atom. The van der Waals surface area contributed by atoms with Gasteiger partial charge in [0.2, 0.25) is 0 Å². The van der Waals surface area contributed by atoms with Gasteiger partial charge in [-0.2, -0.15) is 0 Å². The first-order valence-corrected chi connectivity index (χ1v) is 4.95. The molecule has 0 aliphatic carbocycles. The normalized spacial score (nSPS) is 10.7. The van der Waals surface area contributed by atoms with Crippen molar-refractivity contribution in [1.82, 2.24) is 9.55 Å². The molecule has 1 heterocycles. The molecule has 0 spiro atoms. The highest BCUT2D eigenvalue weighted by molar-refractivity contribution is 6.29. The van der Waals surface area contributed by atoms with E-state index in [1.165, 1.54) is 0 Å². The lowest BCUT2D eigenvalue weighted by Gasteiger charge is -2.06. The number of halogens is 4. The number of hydrogen-bond acceptors (Lipinski definition) is 2. The lowest BCUT2D eigenvalue weighted by Crippen LogP contribution is -2.33. The van der Waals surface area contributed by atoms with Crippen LogP contribution in [0.4, 0.5) is 13.2 Å². The Balaban J connectivity index is 2.82. The van der Waals surface area contributed by atoms with E-state index in [9.17, 15) is 22.8 Å². The minimum atomic E-state index is -1.42. The molecule has 2 aromatic rings. The number of benzene rings is 1. The molecule has 94 valence electrons. The van der Waals surface area contributed by atoms with Crippen molar-refractivity contribution in [2.45, 2.75) is 0 Å². The molecule has 8 heteroatoms. The van der Waals surface area contributed by atoms with Crippen molar-refractivity contribution in [3.05, 3.63) is 61.6 Å². The number of nitrogens with zero attached hydrogens (tertiary/aromatic N) is 1. The van der Waals surface area contributed by atoms with E-state index >= 15 is 0 Å². The van der Waals surface area contributed by atoms with E-state index in [4.69, 9.17) is 11.6 Å². The van der Waals surface area contributed by atoms with Crippen LogP contribution in [0.1, 0.15) is 0 Å². The first-order valence-electron chi connectivity index (χ1n) is 4.57. The number of nitrogens with one attached hydrogen (secondary N) is 1. The summed E-state index contributed by atoms with van der Waals surface area (Å²) < 4.78 is 39.5. The largest absolute Gasteiger partial charge is 0.334 e. The third-order valence-corrected chi connectivity index (χ3v) is 2.33. The van der Waals surface area contributed by atoms with Crippen molar-refractivity contribution < 1.29 is 13.2 Å². The van der Waals surface area contributed by atoms with Crippen molar-refractivity contribution in [3.8, 4) is 5.69 Å². The Bertz CT molecular complexity index is 708. The standard InChI is InChI=1S/C10H4ClF3N2O2/c11-8-3-9(17)16(10(18)15-8)7-2-5(13)4(12)1-6(7)14/h1-3H,(H,15,18). The van der Waals surface area contributed by atoms with Gasteiger partial charge in [0.05, 0.1) is 5.69 Å². The summed E-state index contributed by atoms with van der Waals surface area (Å²) in [7, 11) is 0. The Morgan fingerprint density at radius 3 is 2.22 bits per heavy atom. The highest BCUT2D eigenvalue weighted by Gasteiger charge is 2.15. The molecule has 0 aliphatic rings. The SMILES string of the molecule is O=c1cc(Cl)[nH]c(=O)n1-c1cc(F)c(F)cc1F. The van der Waals surface area contributed by atoms with Gasteiger partial charge in [0.1, 0.15) is 5.15 Å². The molecule has 0 amide bonds. The van der Waals surface area contributed by atoms with E-state index in [2.05, 4.69) is 0 Å². The summed E-state index contributed by atoms with van der Waals surface area (Å²) in [5.41, 5.74) is -2.72. The average molecular weight is 277 g/mol. The minimum absolute atomic E-state index is 0.241. The molecular formula is C10H4ClF3N2O2. The maximum Gasteiger partial charge on any atom is 0.334 e. The first-order chi connectivity index (χ1) is 8.40. The molecule has 4 nitrogen and oxygen atoms in total. The fourth-order valence-electron chi connectivity index (χ4n) is 1.38. The van der Waals surface area contributed by atoms with E-state index in [1.54, 1.807) is 0 Å². The highest BCUT2D eigenvalue weighted by atomic mass is 35.5. The smallest absolute Gasteiger partial charge is 0.297 e. The molecular weight excluding hydrogens is 273 g/mol. The quantitative estimate of drug-likeness (QED) is 0.635. The van der Waals surface area contributed by atoms with Gasteiger partial charge in [0.25, 0.3) is 5.56 Å². The van der Waals surface area contributed by atoms with E-state index in [1.807, 2.05) is 4.98 Å². The number of H-pyrrole nitrogens is 1. The molecule has 0 unspecified atom stereocenters. The summed E-state index contributed by atoms with van der Waals surface area (Å²) in [5, 5.41) is -0.246. The molecule has 0 radical (unpaired) electrons. The van der Waals surface area contributed by atoms with Gasteiger partial charge in [0.15, 0.2) is 17.5 Å². The van der Waals surface area contributed by atoms with Crippen LogP contribution in [0.3, 0.4) is 0 Å². The predicted octanol–water partition coefficient (Wildman–Crippen LogP) is 1.60. The molecule has 1 aromatic heterocycles. The summed E-state index contributed by atoms with van der Waals surface area (Å²) >= 11 is 5.41. The zero-order chi connectivity index (χ0) is 13.4. The molecule has 1 aromatic carbocycles.